The fraction of sp³-hybridized carbons (Fsp3) is 0.647. The average molecular weight is 338 g/mol. The van der Waals surface area contributed by atoms with Crippen molar-refractivity contribution < 1.29 is 4.74 Å². The van der Waals surface area contributed by atoms with Crippen molar-refractivity contribution >= 4 is 15.9 Å². The Labute approximate surface area is 130 Å². The second-order valence-electron chi connectivity index (χ2n) is 6.44. The summed E-state index contributed by atoms with van der Waals surface area (Å²) in [4.78, 5) is 0. The summed E-state index contributed by atoms with van der Waals surface area (Å²) in [5, 5.41) is 3.30. The van der Waals surface area contributed by atoms with Gasteiger partial charge in [-0.25, -0.2) is 0 Å². The van der Waals surface area contributed by atoms with Gasteiger partial charge in [0.05, 0.1) is 6.61 Å². The van der Waals surface area contributed by atoms with Crippen LogP contribution in [0.1, 0.15) is 44.2 Å². The predicted octanol–water partition coefficient (Wildman–Crippen LogP) is 4.54. The molecule has 1 N–H and O–H groups in total. The van der Waals surface area contributed by atoms with E-state index in [1.165, 1.54) is 31.2 Å². The molecule has 2 nitrogen and oxygen atoms in total. The van der Waals surface area contributed by atoms with Gasteiger partial charge in [-0.1, -0.05) is 28.4 Å². The predicted molar refractivity (Wildman–Crippen MR) is 86.0 cm³/mol. The molecule has 3 rings (SSSR count). The molecule has 3 heteroatoms. The number of ether oxygens (including phenoxy) is 1. The van der Waals surface area contributed by atoms with Crippen LogP contribution >= 0.6 is 15.9 Å². The molecule has 2 fully saturated rings. The Balaban J connectivity index is 1.68. The monoisotopic (exact) mass is 337 g/mol. The van der Waals surface area contributed by atoms with Gasteiger partial charge in [-0.05, 0) is 63.1 Å². The Kier molecular flexibility index (Phi) is 4.37. The van der Waals surface area contributed by atoms with E-state index < -0.39 is 0 Å². The highest BCUT2D eigenvalue weighted by molar-refractivity contribution is 9.10. The number of rotatable bonds is 5. The summed E-state index contributed by atoms with van der Waals surface area (Å²) in [5.74, 6) is 3.73. The number of nitrogens with one attached hydrogen (secondary N) is 1. The van der Waals surface area contributed by atoms with E-state index in [0.717, 1.165) is 34.6 Å². The largest absolute Gasteiger partial charge is 0.493 e. The number of fused-ring (bicyclic) bond motifs is 2. The smallest absolute Gasteiger partial charge is 0.125 e. The molecule has 20 heavy (non-hydrogen) atoms. The molecule has 2 aliphatic carbocycles. The van der Waals surface area contributed by atoms with Crippen LogP contribution in [0.15, 0.2) is 22.7 Å². The zero-order chi connectivity index (χ0) is 14.1. The lowest BCUT2D eigenvalue weighted by Gasteiger charge is -2.23. The van der Waals surface area contributed by atoms with Crippen LogP contribution in [0.3, 0.4) is 0 Å². The number of benzene rings is 1. The molecule has 1 aromatic rings. The van der Waals surface area contributed by atoms with Crippen molar-refractivity contribution in [3.8, 4) is 5.75 Å². The van der Waals surface area contributed by atoms with E-state index in [-0.39, 0.29) is 0 Å². The van der Waals surface area contributed by atoms with Crippen LogP contribution in [0.5, 0.6) is 5.75 Å². The van der Waals surface area contributed by atoms with E-state index >= 15 is 0 Å². The fourth-order valence-corrected chi connectivity index (χ4v) is 4.26. The van der Waals surface area contributed by atoms with Gasteiger partial charge in [-0.3, -0.25) is 0 Å². The van der Waals surface area contributed by atoms with Gasteiger partial charge in [0.15, 0.2) is 0 Å². The van der Waals surface area contributed by atoms with Crippen molar-refractivity contribution in [3.63, 3.8) is 0 Å². The summed E-state index contributed by atoms with van der Waals surface area (Å²) in [6.07, 6.45) is 5.72. The topological polar surface area (TPSA) is 21.3 Å². The molecule has 0 heterocycles. The number of halogens is 1. The molecule has 0 saturated heterocycles. The van der Waals surface area contributed by atoms with Crippen molar-refractivity contribution in [2.75, 3.05) is 13.7 Å². The molecule has 2 bridgehead atoms. The summed E-state index contributed by atoms with van der Waals surface area (Å²) < 4.78 is 7.30. The molecule has 2 aliphatic rings. The minimum absolute atomic E-state index is 0.318. The molecule has 110 valence electrons. The first-order valence-electron chi connectivity index (χ1n) is 7.77. The first kappa shape index (κ1) is 14.4. The molecule has 2 saturated carbocycles. The Morgan fingerprint density at radius 1 is 1.35 bits per heavy atom. The summed E-state index contributed by atoms with van der Waals surface area (Å²) in [5.41, 5.74) is 1.25. The minimum Gasteiger partial charge on any atom is -0.493 e. The maximum Gasteiger partial charge on any atom is 0.125 e. The van der Waals surface area contributed by atoms with Crippen LogP contribution in [0.2, 0.25) is 0 Å². The van der Waals surface area contributed by atoms with Gasteiger partial charge in [0.1, 0.15) is 5.75 Å². The lowest BCUT2D eigenvalue weighted by Crippen LogP contribution is -2.20. The van der Waals surface area contributed by atoms with E-state index in [1.807, 2.05) is 7.05 Å². The fourth-order valence-electron chi connectivity index (χ4n) is 3.92. The molecule has 0 spiro atoms. The highest BCUT2D eigenvalue weighted by atomic mass is 79.9. The van der Waals surface area contributed by atoms with Crippen LogP contribution in [-0.2, 0) is 0 Å². The Bertz CT molecular complexity index is 476. The van der Waals surface area contributed by atoms with Crippen molar-refractivity contribution in [1.82, 2.24) is 5.32 Å². The molecule has 0 radical (unpaired) electrons. The third-order valence-corrected chi connectivity index (χ3v) is 5.71. The SMILES string of the molecule is CNC(C)c1ccc(Br)cc1OCC1CC2CCC1C2. The van der Waals surface area contributed by atoms with Crippen molar-refractivity contribution in [2.24, 2.45) is 17.8 Å². The van der Waals surface area contributed by atoms with E-state index in [4.69, 9.17) is 4.74 Å². The molecule has 1 aromatic carbocycles. The molecular formula is C17H24BrNO. The van der Waals surface area contributed by atoms with E-state index in [1.54, 1.807) is 0 Å². The lowest BCUT2D eigenvalue weighted by atomic mass is 9.89. The van der Waals surface area contributed by atoms with Crippen molar-refractivity contribution in [3.05, 3.63) is 28.2 Å². The quantitative estimate of drug-likeness (QED) is 0.851. The summed E-state index contributed by atoms with van der Waals surface area (Å²) >= 11 is 3.55. The maximum atomic E-state index is 6.21. The van der Waals surface area contributed by atoms with Gasteiger partial charge in [0.25, 0.3) is 0 Å². The van der Waals surface area contributed by atoms with E-state index in [2.05, 4.69) is 46.4 Å². The van der Waals surface area contributed by atoms with Gasteiger partial charge < -0.3 is 10.1 Å². The molecule has 0 amide bonds. The second kappa shape index (κ2) is 6.07. The van der Waals surface area contributed by atoms with Gasteiger partial charge in [0.2, 0.25) is 0 Å². The molecule has 4 unspecified atom stereocenters. The standard InChI is InChI=1S/C17H24BrNO/c1-11(19-2)16-6-5-15(18)9-17(16)20-10-14-8-12-3-4-13(14)7-12/h5-6,9,11-14,19H,3-4,7-8,10H2,1-2H3. The molecule has 4 atom stereocenters. The van der Waals surface area contributed by atoms with Crippen LogP contribution in [0.25, 0.3) is 0 Å². The number of hydrogen-bond acceptors (Lipinski definition) is 2. The van der Waals surface area contributed by atoms with Crippen molar-refractivity contribution in [2.45, 2.75) is 38.6 Å². The van der Waals surface area contributed by atoms with Crippen LogP contribution in [0.4, 0.5) is 0 Å². The van der Waals surface area contributed by atoms with Crippen LogP contribution < -0.4 is 10.1 Å². The van der Waals surface area contributed by atoms with Gasteiger partial charge >= 0.3 is 0 Å². The zero-order valence-corrected chi connectivity index (χ0v) is 13.9. The van der Waals surface area contributed by atoms with Gasteiger partial charge in [-0.15, -0.1) is 0 Å². The first-order valence-corrected chi connectivity index (χ1v) is 8.56. The van der Waals surface area contributed by atoms with E-state index in [0.29, 0.717) is 6.04 Å². The van der Waals surface area contributed by atoms with E-state index in [9.17, 15) is 0 Å². The first-order chi connectivity index (χ1) is 9.67. The second-order valence-corrected chi connectivity index (χ2v) is 7.35. The summed E-state index contributed by atoms with van der Waals surface area (Å²) in [6.45, 7) is 3.06. The lowest BCUT2D eigenvalue weighted by molar-refractivity contribution is 0.193. The van der Waals surface area contributed by atoms with Gasteiger partial charge in [-0.2, -0.15) is 0 Å². The normalized spacial score (nSPS) is 29.6. The molecule has 0 aromatic heterocycles. The third kappa shape index (κ3) is 2.89. The summed E-state index contributed by atoms with van der Waals surface area (Å²) in [7, 11) is 1.99. The number of hydrogen-bond donors (Lipinski definition) is 1. The van der Waals surface area contributed by atoms with Crippen molar-refractivity contribution in [1.29, 1.82) is 0 Å². The minimum atomic E-state index is 0.318. The van der Waals surface area contributed by atoms with Crippen LogP contribution in [0, 0.1) is 17.8 Å². The van der Waals surface area contributed by atoms with Gasteiger partial charge in [0, 0.05) is 16.1 Å². The Morgan fingerprint density at radius 3 is 2.85 bits per heavy atom. The zero-order valence-electron chi connectivity index (χ0n) is 12.4. The van der Waals surface area contributed by atoms with Crippen LogP contribution in [-0.4, -0.2) is 13.7 Å². The highest BCUT2D eigenvalue weighted by Crippen LogP contribution is 2.48. The highest BCUT2D eigenvalue weighted by Gasteiger charge is 2.39. The third-order valence-electron chi connectivity index (χ3n) is 5.21. The Morgan fingerprint density at radius 2 is 2.20 bits per heavy atom. The Hall–Kier alpha value is -0.540. The summed E-state index contributed by atoms with van der Waals surface area (Å²) in [6, 6.07) is 6.67. The average Bonchev–Trinajstić information content (AvgIpc) is 3.07. The molecular weight excluding hydrogens is 314 g/mol. The molecule has 0 aliphatic heterocycles. The maximum absolute atomic E-state index is 6.21.